The van der Waals surface area contributed by atoms with Crippen LogP contribution in [0.4, 0.5) is 4.39 Å². The van der Waals surface area contributed by atoms with Crippen molar-refractivity contribution >= 4 is 23.1 Å². The molecule has 0 aliphatic carbocycles. The molecule has 1 aliphatic rings. The molecule has 1 aliphatic heterocycles. The molecule has 0 bridgehead atoms. The molecule has 1 aromatic rings. The van der Waals surface area contributed by atoms with E-state index in [0.29, 0.717) is 26.3 Å². The van der Waals surface area contributed by atoms with E-state index in [2.05, 4.69) is 5.32 Å². The lowest BCUT2D eigenvalue weighted by atomic mass is 10.1. The summed E-state index contributed by atoms with van der Waals surface area (Å²) in [7, 11) is 1.60. The van der Waals surface area contributed by atoms with Crippen LogP contribution in [0, 0.1) is 5.82 Å². The Balaban J connectivity index is 2.17. The number of morpholine rings is 1. The van der Waals surface area contributed by atoms with Crippen molar-refractivity contribution in [1.82, 2.24) is 10.2 Å². The largest absolute Gasteiger partial charge is 0.389 e. The van der Waals surface area contributed by atoms with E-state index in [4.69, 9.17) is 22.7 Å². The standard InChI is InChI=1S/C14H18FN3O2S/c1-17-14(19)12-8-20-5-4-18(12)7-9-2-3-11(15)10(6-9)13(16)21/h2-3,6,12H,4-5,7-8H2,1H3,(H2,16,21)(H,17,19). The van der Waals surface area contributed by atoms with Gasteiger partial charge in [0.15, 0.2) is 0 Å². The fraction of sp³-hybridized carbons (Fsp3) is 0.429. The number of halogens is 1. The smallest absolute Gasteiger partial charge is 0.239 e. The number of amides is 1. The van der Waals surface area contributed by atoms with Gasteiger partial charge in [0, 0.05) is 25.7 Å². The molecule has 0 spiro atoms. The molecule has 0 aromatic heterocycles. The fourth-order valence-corrected chi connectivity index (χ4v) is 2.49. The van der Waals surface area contributed by atoms with Gasteiger partial charge in [0.05, 0.1) is 13.2 Å². The van der Waals surface area contributed by atoms with Gasteiger partial charge in [0.25, 0.3) is 0 Å². The number of hydrogen-bond acceptors (Lipinski definition) is 4. The number of nitrogens with two attached hydrogens (primary N) is 1. The maximum Gasteiger partial charge on any atom is 0.239 e. The van der Waals surface area contributed by atoms with Crippen molar-refractivity contribution in [2.45, 2.75) is 12.6 Å². The minimum Gasteiger partial charge on any atom is -0.389 e. The Morgan fingerprint density at radius 3 is 3.05 bits per heavy atom. The number of thiocarbonyl (C=S) groups is 1. The quantitative estimate of drug-likeness (QED) is 0.788. The fourth-order valence-electron chi connectivity index (χ4n) is 2.33. The number of nitrogens with one attached hydrogen (secondary N) is 1. The van der Waals surface area contributed by atoms with Crippen LogP contribution in [-0.4, -0.2) is 48.6 Å². The lowest BCUT2D eigenvalue weighted by Gasteiger charge is -2.34. The zero-order valence-corrected chi connectivity index (χ0v) is 12.6. The maximum absolute atomic E-state index is 13.6. The van der Waals surface area contributed by atoms with E-state index >= 15 is 0 Å². The molecule has 1 unspecified atom stereocenters. The molecule has 21 heavy (non-hydrogen) atoms. The van der Waals surface area contributed by atoms with Gasteiger partial charge in [-0.2, -0.15) is 0 Å². The Labute approximate surface area is 128 Å². The van der Waals surface area contributed by atoms with Crippen molar-refractivity contribution in [2.24, 2.45) is 5.73 Å². The van der Waals surface area contributed by atoms with E-state index in [1.54, 1.807) is 19.2 Å². The van der Waals surface area contributed by atoms with Crippen LogP contribution in [0.2, 0.25) is 0 Å². The van der Waals surface area contributed by atoms with Gasteiger partial charge in [0.1, 0.15) is 16.8 Å². The Morgan fingerprint density at radius 2 is 2.38 bits per heavy atom. The number of carbonyl (C=O) groups excluding carboxylic acids is 1. The van der Waals surface area contributed by atoms with Crippen molar-refractivity contribution in [3.63, 3.8) is 0 Å². The molecule has 1 fully saturated rings. The molecule has 5 nitrogen and oxygen atoms in total. The number of ether oxygens (including phenoxy) is 1. The topological polar surface area (TPSA) is 67.6 Å². The van der Waals surface area contributed by atoms with E-state index < -0.39 is 5.82 Å². The number of likely N-dealkylation sites (N-methyl/N-ethyl adjacent to an activating group) is 1. The molecule has 3 N–H and O–H groups in total. The lowest BCUT2D eigenvalue weighted by Crippen LogP contribution is -2.52. The van der Waals surface area contributed by atoms with Gasteiger partial charge < -0.3 is 15.8 Å². The Morgan fingerprint density at radius 1 is 1.62 bits per heavy atom. The molecular weight excluding hydrogens is 293 g/mol. The van der Waals surface area contributed by atoms with Gasteiger partial charge in [-0.3, -0.25) is 9.69 Å². The zero-order chi connectivity index (χ0) is 15.4. The van der Waals surface area contributed by atoms with Crippen molar-refractivity contribution in [2.75, 3.05) is 26.8 Å². The lowest BCUT2D eigenvalue weighted by molar-refractivity contribution is -0.132. The molecule has 1 heterocycles. The first kappa shape index (κ1) is 15.8. The van der Waals surface area contributed by atoms with Gasteiger partial charge in [-0.25, -0.2) is 4.39 Å². The van der Waals surface area contributed by atoms with Crippen LogP contribution < -0.4 is 11.1 Å². The molecule has 1 atom stereocenters. The van der Waals surface area contributed by atoms with Crippen LogP contribution in [0.25, 0.3) is 0 Å². The number of benzene rings is 1. The van der Waals surface area contributed by atoms with Crippen LogP contribution in [0.1, 0.15) is 11.1 Å². The predicted molar refractivity (Wildman–Crippen MR) is 81.4 cm³/mol. The Bertz CT molecular complexity index is 553. The van der Waals surface area contributed by atoms with E-state index in [9.17, 15) is 9.18 Å². The first-order valence-electron chi connectivity index (χ1n) is 6.64. The molecule has 114 valence electrons. The number of rotatable bonds is 4. The third-order valence-electron chi connectivity index (χ3n) is 3.47. The van der Waals surface area contributed by atoms with Gasteiger partial charge in [-0.05, 0) is 17.7 Å². The Hall–Kier alpha value is -1.57. The minimum atomic E-state index is -0.434. The summed E-state index contributed by atoms with van der Waals surface area (Å²) >= 11 is 4.84. The second-order valence-corrected chi connectivity index (χ2v) is 5.29. The Kier molecular flexibility index (Phi) is 5.22. The van der Waals surface area contributed by atoms with E-state index in [1.807, 2.05) is 4.90 Å². The summed E-state index contributed by atoms with van der Waals surface area (Å²) in [6.07, 6.45) is 0. The summed E-state index contributed by atoms with van der Waals surface area (Å²) in [6, 6.07) is 4.31. The third-order valence-corrected chi connectivity index (χ3v) is 3.69. The molecule has 1 saturated heterocycles. The molecule has 1 amide bonds. The van der Waals surface area contributed by atoms with Gasteiger partial charge in [-0.1, -0.05) is 18.3 Å². The summed E-state index contributed by atoms with van der Waals surface area (Å²) < 4.78 is 18.9. The van der Waals surface area contributed by atoms with Crippen LogP contribution in [0.15, 0.2) is 18.2 Å². The molecule has 1 aromatic carbocycles. The van der Waals surface area contributed by atoms with Crippen LogP contribution >= 0.6 is 12.2 Å². The first-order valence-corrected chi connectivity index (χ1v) is 7.05. The highest BCUT2D eigenvalue weighted by Gasteiger charge is 2.28. The molecule has 0 saturated carbocycles. The monoisotopic (exact) mass is 311 g/mol. The summed E-state index contributed by atoms with van der Waals surface area (Å²) in [5, 5.41) is 2.63. The van der Waals surface area contributed by atoms with Crippen molar-refractivity contribution in [3.05, 3.63) is 35.1 Å². The summed E-state index contributed by atoms with van der Waals surface area (Å²) in [5.74, 6) is -0.526. The average Bonchev–Trinajstić information content (AvgIpc) is 2.48. The zero-order valence-electron chi connectivity index (χ0n) is 11.8. The van der Waals surface area contributed by atoms with E-state index in [1.165, 1.54) is 6.07 Å². The highest BCUT2D eigenvalue weighted by molar-refractivity contribution is 7.80. The van der Waals surface area contributed by atoms with E-state index in [0.717, 1.165) is 5.56 Å². The highest BCUT2D eigenvalue weighted by atomic mass is 32.1. The summed E-state index contributed by atoms with van der Waals surface area (Å²) in [5.41, 5.74) is 6.59. The second-order valence-electron chi connectivity index (χ2n) is 4.85. The predicted octanol–water partition coefficient (Wildman–Crippen LogP) is 0.407. The van der Waals surface area contributed by atoms with Gasteiger partial charge in [0.2, 0.25) is 5.91 Å². The first-order chi connectivity index (χ1) is 10.0. The summed E-state index contributed by atoms with van der Waals surface area (Å²) in [6.45, 7) is 2.06. The number of carbonyl (C=O) groups is 1. The highest BCUT2D eigenvalue weighted by Crippen LogP contribution is 2.16. The molecular formula is C14H18FN3O2S. The maximum atomic E-state index is 13.6. The van der Waals surface area contributed by atoms with Crippen LogP contribution in [0.5, 0.6) is 0 Å². The van der Waals surface area contributed by atoms with Crippen molar-refractivity contribution in [1.29, 1.82) is 0 Å². The minimum absolute atomic E-state index is 0.0270. The molecule has 7 heteroatoms. The normalized spacial score (nSPS) is 19.2. The summed E-state index contributed by atoms with van der Waals surface area (Å²) in [4.78, 5) is 13.9. The number of hydrogen-bond donors (Lipinski definition) is 2. The van der Waals surface area contributed by atoms with E-state index in [-0.39, 0.29) is 22.5 Å². The second kappa shape index (κ2) is 6.93. The van der Waals surface area contributed by atoms with Crippen LogP contribution in [0.3, 0.4) is 0 Å². The average molecular weight is 311 g/mol. The molecule has 0 radical (unpaired) electrons. The third kappa shape index (κ3) is 3.75. The molecule has 2 rings (SSSR count). The number of nitrogens with zero attached hydrogens (tertiary/aromatic N) is 1. The van der Waals surface area contributed by atoms with Gasteiger partial charge in [-0.15, -0.1) is 0 Å². The van der Waals surface area contributed by atoms with Crippen molar-refractivity contribution < 1.29 is 13.9 Å². The van der Waals surface area contributed by atoms with Crippen LogP contribution in [-0.2, 0) is 16.1 Å². The van der Waals surface area contributed by atoms with Gasteiger partial charge >= 0.3 is 0 Å². The van der Waals surface area contributed by atoms with Crippen molar-refractivity contribution in [3.8, 4) is 0 Å². The SMILES string of the molecule is CNC(=O)C1COCCN1Cc1ccc(F)c(C(N)=S)c1.